The minimum absolute atomic E-state index is 0.00265. The number of alkyl halides is 4. The van der Waals surface area contributed by atoms with Crippen molar-refractivity contribution in [3.05, 3.63) is 82.9 Å². The molecule has 11 nitrogen and oxygen atoms in total. The fourth-order valence-corrected chi connectivity index (χ4v) is 5.29. The third-order valence-electron chi connectivity index (χ3n) is 8.23. The number of carbonyl (C=O) groups is 3. The number of hydrogen-bond acceptors (Lipinski definition) is 7. The number of halogens is 5. The monoisotopic (exact) mass is 700 g/mol. The van der Waals surface area contributed by atoms with Crippen molar-refractivity contribution in [3.8, 4) is 17.0 Å². The molecule has 264 valence electrons. The second kappa shape index (κ2) is 12.8. The summed E-state index contributed by atoms with van der Waals surface area (Å²) < 4.78 is 77.9. The van der Waals surface area contributed by atoms with Gasteiger partial charge in [0.25, 0.3) is 5.91 Å². The molecule has 16 heteroatoms. The van der Waals surface area contributed by atoms with Crippen molar-refractivity contribution in [2.75, 3.05) is 25.0 Å². The average molecular weight is 701 g/mol. The molecule has 1 unspecified atom stereocenters. The predicted octanol–water partition coefficient (Wildman–Crippen LogP) is 4.93. The normalized spacial score (nSPS) is 17.0. The number of nitrogens with zero attached hydrogens (tertiary/aromatic N) is 2. The zero-order valence-electron chi connectivity index (χ0n) is 27.3. The largest absolute Gasteiger partial charge is 0.489 e. The summed E-state index contributed by atoms with van der Waals surface area (Å²) in [6.07, 6.45) is -3.94. The number of aliphatic hydroxyl groups is 1. The zero-order chi connectivity index (χ0) is 36.8. The fourth-order valence-electron chi connectivity index (χ4n) is 5.29. The molecule has 0 radical (unpaired) electrons. The van der Waals surface area contributed by atoms with Crippen LogP contribution in [0.5, 0.6) is 5.75 Å². The van der Waals surface area contributed by atoms with E-state index in [-0.39, 0.29) is 52.5 Å². The quantitative estimate of drug-likeness (QED) is 0.154. The van der Waals surface area contributed by atoms with Crippen molar-refractivity contribution >= 4 is 34.4 Å². The van der Waals surface area contributed by atoms with Gasteiger partial charge in [-0.3, -0.25) is 14.6 Å². The Morgan fingerprint density at radius 2 is 1.70 bits per heavy atom. The first kappa shape index (κ1) is 35.9. The Morgan fingerprint density at radius 3 is 2.32 bits per heavy atom. The van der Waals surface area contributed by atoms with Crippen LogP contribution in [0.15, 0.2) is 54.7 Å². The minimum atomic E-state index is -5.44. The molecule has 2 atom stereocenters. The Kier molecular flexibility index (Phi) is 9.21. The average Bonchev–Trinajstić information content (AvgIpc) is 3.39. The van der Waals surface area contributed by atoms with Gasteiger partial charge in [0.2, 0.25) is 11.5 Å². The Hall–Kier alpha value is -5.38. The first-order valence-corrected chi connectivity index (χ1v) is 15.2. The molecule has 0 saturated heterocycles. The molecular weight excluding hydrogens is 667 g/mol. The maximum atomic E-state index is 14.8. The first-order chi connectivity index (χ1) is 23.2. The molecule has 50 heavy (non-hydrogen) atoms. The standard InChI is InChI=1S/C34H33F5N6O5/c1-17-9-19-10-20(11-23(25(19)41-13-17)44-30(48)43-14-31(2,3)36)28(46)42-15-33(49,34(37,38)39)24-12-22-27(50-16-32(22,4)29(40)47)26(45-24)18-5-7-21(35)8-6-18/h5-13,49H,14-16H2,1-4H3,(H2,40,47)(H,42,46)(H2,43,44,48)/t32-,33?/m0/s1. The van der Waals surface area contributed by atoms with Gasteiger partial charge in [-0.15, -0.1) is 0 Å². The van der Waals surface area contributed by atoms with E-state index in [4.69, 9.17) is 10.5 Å². The van der Waals surface area contributed by atoms with Crippen LogP contribution in [0.3, 0.4) is 0 Å². The number of pyridine rings is 2. The van der Waals surface area contributed by atoms with Gasteiger partial charge in [0.05, 0.1) is 30.0 Å². The van der Waals surface area contributed by atoms with E-state index in [1.54, 1.807) is 13.0 Å². The van der Waals surface area contributed by atoms with Crippen molar-refractivity contribution in [1.29, 1.82) is 0 Å². The summed E-state index contributed by atoms with van der Waals surface area (Å²) in [5.74, 6) is -2.71. The number of aryl methyl sites for hydroxylation is 1. The van der Waals surface area contributed by atoms with Crippen LogP contribution >= 0.6 is 0 Å². The second-order valence-corrected chi connectivity index (χ2v) is 12.9. The number of primary amides is 1. The summed E-state index contributed by atoms with van der Waals surface area (Å²) in [5, 5.41) is 18.6. The number of nitrogens with two attached hydrogens (primary N) is 1. The van der Waals surface area contributed by atoms with Gasteiger partial charge in [-0.1, -0.05) is 0 Å². The van der Waals surface area contributed by atoms with Gasteiger partial charge >= 0.3 is 12.2 Å². The number of anilines is 1. The molecule has 1 aliphatic rings. The van der Waals surface area contributed by atoms with E-state index in [1.807, 2.05) is 0 Å². The summed E-state index contributed by atoms with van der Waals surface area (Å²) in [6, 6.07) is 8.72. The smallest absolute Gasteiger partial charge is 0.424 e. The number of aromatic nitrogens is 2. The molecule has 0 bridgehead atoms. The molecular formula is C34H33F5N6O5. The van der Waals surface area contributed by atoms with E-state index >= 15 is 0 Å². The lowest BCUT2D eigenvalue weighted by Crippen LogP contribution is -2.51. The van der Waals surface area contributed by atoms with E-state index in [0.29, 0.717) is 10.9 Å². The number of urea groups is 1. The predicted molar refractivity (Wildman–Crippen MR) is 173 cm³/mol. The van der Waals surface area contributed by atoms with Crippen molar-refractivity contribution in [3.63, 3.8) is 0 Å². The Morgan fingerprint density at radius 1 is 1.02 bits per heavy atom. The lowest BCUT2D eigenvalue weighted by Gasteiger charge is -2.31. The molecule has 0 aliphatic carbocycles. The highest BCUT2D eigenvalue weighted by molar-refractivity contribution is 6.05. The van der Waals surface area contributed by atoms with Gasteiger partial charge in [0, 0.05) is 28.3 Å². The zero-order valence-corrected chi connectivity index (χ0v) is 27.3. The molecule has 6 N–H and O–H groups in total. The SMILES string of the molecule is Cc1cnc2c(NC(=O)NCC(C)(C)F)cc(C(=O)NCC(O)(c3cc4c(c(-c5ccc(F)cc5)n3)OC[C@]4(C)C(N)=O)C(F)(F)F)cc2c1. The van der Waals surface area contributed by atoms with Crippen molar-refractivity contribution < 1.29 is 46.2 Å². The minimum Gasteiger partial charge on any atom is -0.489 e. The van der Waals surface area contributed by atoms with Crippen LogP contribution in [0, 0.1) is 12.7 Å². The molecule has 5 rings (SSSR count). The van der Waals surface area contributed by atoms with Crippen molar-refractivity contribution in [2.45, 2.75) is 50.6 Å². The third kappa shape index (κ3) is 7.01. The van der Waals surface area contributed by atoms with Crippen LogP contribution in [0.25, 0.3) is 22.2 Å². The highest BCUT2D eigenvalue weighted by atomic mass is 19.4. The van der Waals surface area contributed by atoms with Gasteiger partial charge < -0.3 is 31.5 Å². The van der Waals surface area contributed by atoms with Gasteiger partial charge in [0.15, 0.2) is 0 Å². The molecule has 4 aromatic rings. The van der Waals surface area contributed by atoms with E-state index in [0.717, 1.165) is 18.2 Å². The summed E-state index contributed by atoms with van der Waals surface area (Å²) in [7, 11) is 0. The van der Waals surface area contributed by atoms with Crippen LogP contribution in [0.4, 0.5) is 32.4 Å². The van der Waals surface area contributed by atoms with E-state index in [9.17, 15) is 41.4 Å². The van der Waals surface area contributed by atoms with Gasteiger partial charge in [-0.2, -0.15) is 13.2 Å². The number of rotatable bonds is 9. The second-order valence-electron chi connectivity index (χ2n) is 12.9. The first-order valence-electron chi connectivity index (χ1n) is 15.2. The summed E-state index contributed by atoms with van der Waals surface area (Å²) in [6.45, 7) is 3.45. The van der Waals surface area contributed by atoms with Crippen LogP contribution in [-0.4, -0.2) is 64.5 Å². The number of nitrogens with one attached hydrogen (secondary N) is 3. The maximum Gasteiger partial charge on any atom is 0.424 e. The number of amides is 4. The fraction of sp³-hybridized carbons (Fsp3) is 0.324. The van der Waals surface area contributed by atoms with Crippen LogP contribution in [0.2, 0.25) is 0 Å². The number of fused-ring (bicyclic) bond motifs is 2. The van der Waals surface area contributed by atoms with E-state index < -0.39 is 58.8 Å². The number of carbonyl (C=O) groups excluding carboxylic acids is 3. The lowest BCUT2D eigenvalue weighted by atomic mass is 9.81. The Balaban J connectivity index is 1.53. The highest BCUT2D eigenvalue weighted by Crippen LogP contribution is 2.47. The lowest BCUT2D eigenvalue weighted by molar-refractivity contribution is -0.265. The molecule has 0 spiro atoms. The molecule has 0 saturated carbocycles. The van der Waals surface area contributed by atoms with E-state index in [1.165, 1.54) is 51.2 Å². The Bertz CT molecular complexity index is 2000. The topological polar surface area (TPSA) is 169 Å². The maximum absolute atomic E-state index is 14.8. The third-order valence-corrected chi connectivity index (χ3v) is 8.23. The van der Waals surface area contributed by atoms with Gasteiger partial charge in [-0.25, -0.2) is 18.6 Å². The van der Waals surface area contributed by atoms with Crippen LogP contribution in [-0.2, 0) is 15.8 Å². The molecule has 3 heterocycles. The van der Waals surface area contributed by atoms with Crippen molar-refractivity contribution in [2.24, 2.45) is 5.73 Å². The molecule has 1 aliphatic heterocycles. The summed E-state index contributed by atoms with van der Waals surface area (Å²) >= 11 is 0. The number of ether oxygens (including phenoxy) is 1. The van der Waals surface area contributed by atoms with Crippen LogP contribution < -0.4 is 26.4 Å². The highest BCUT2D eigenvalue weighted by Gasteiger charge is 2.57. The molecule has 0 fully saturated rings. The van der Waals surface area contributed by atoms with E-state index in [2.05, 4.69) is 25.9 Å². The summed E-state index contributed by atoms with van der Waals surface area (Å²) in [5.41, 5.74) is -2.06. The molecule has 4 amide bonds. The van der Waals surface area contributed by atoms with Crippen LogP contribution in [0.1, 0.15) is 48.0 Å². The summed E-state index contributed by atoms with van der Waals surface area (Å²) in [4.78, 5) is 46.8. The number of hydrogen-bond donors (Lipinski definition) is 5. The molecule has 2 aromatic carbocycles. The van der Waals surface area contributed by atoms with Gasteiger partial charge in [0.1, 0.15) is 35.0 Å². The Labute approximate surface area is 282 Å². The molecule has 2 aromatic heterocycles. The number of benzene rings is 2. The van der Waals surface area contributed by atoms with Crippen molar-refractivity contribution in [1.82, 2.24) is 20.6 Å². The van der Waals surface area contributed by atoms with Gasteiger partial charge in [-0.05, 0) is 81.8 Å².